The third-order valence-corrected chi connectivity index (χ3v) is 2.86. The van der Waals surface area contributed by atoms with Crippen molar-refractivity contribution < 1.29 is 27.8 Å². The molecule has 7 heteroatoms. The molecule has 3 nitrogen and oxygen atoms in total. The number of fused-ring (bicyclic) bond motifs is 1. The topological polar surface area (TPSA) is 46.5 Å². The van der Waals surface area contributed by atoms with Crippen molar-refractivity contribution in [3.63, 3.8) is 0 Å². The van der Waals surface area contributed by atoms with Crippen LogP contribution >= 0.6 is 0 Å². The summed E-state index contributed by atoms with van der Waals surface area (Å²) in [4.78, 5) is 10.9. The maximum Gasteiger partial charge on any atom is 0.430 e. The molecular weight excluding hydrogens is 284 g/mol. The zero-order valence-electron chi connectivity index (χ0n) is 11.0. The summed E-state index contributed by atoms with van der Waals surface area (Å²) in [5.74, 6) is -1.58. The number of hydrogen-bond acceptors (Lipinski definition) is 2. The van der Waals surface area contributed by atoms with Gasteiger partial charge in [-0.25, -0.2) is 4.79 Å². The van der Waals surface area contributed by atoms with E-state index < -0.39 is 23.8 Å². The van der Waals surface area contributed by atoms with E-state index in [0.29, 0.717) is 12.0 Å². The van der Waals surface area contributed by atoms with Gasteiger partial charge < -0.3 is 9.84 Å². The average Bonchev–Trinajstić information content (AvgIpc) is 2.35. The molecule has 0 saturated carbocycles. The summed E-state index contributed by atoms with van der Waals surface area (Å²) in [5.41, 5.74) is 0.458. The van der Waals surface area contributed by atoms with Gasteiger partial charge in [0.15, 0.2) is 0 Å². The fourth-order valence-electron chi connectivity index (χ4n) is 1.89. The minimum Gasteiger partial charge on any atom is -0.478 e. The maximum absolute atomic E-state index is 12.8. The number of carboxylic acid groups (broad SMARTS) is 1. The molecule has 1 N–H and O–H groups in total. The molecule has 0 amide bonds. The van der Waals surface area contributed by atoms with Gasteiger partial charge in [0, 0.05) is 35.1 Å². The number of aryl methyl sites for hydroxylation is 1. The van der Waals surface area contributed by atoms with Crippen molar-refractivity contribution in [1.82, 2.24) is 0 Å². The first-order valence-electron chi connectivity index (χ1n) is 5.64. The predicted molar refractivity (Wildman–Crippen MR) is 67.7 cm³/mol. The molecular formula is C13H11F3NaO3. The van der Waals surface area contributed by atoms with Gasteiger partial charge in [-0.15, -0.1) is 0 Å². The van der Waals surface area contributed by atoms with Crippen molar-refractivity contribution in [3.05, 3.63) is 34.9 Å². The van der Waals surface area contributed by atoms with Crippen molar-refractivity contribution in [2.75, 3.05) is 0 Å². The van der Waals surface area contributed by atoms with Crippen LogP contribution in [0.15, 0.2) is 23.8 Å². The summed E-state index contributed by atoms with van der Waals surface area (Å²) in [7, 11) is 0. The van der Waals surface area contributed by atoms with Crippen LogP contribution in [0.25, 0.3) is 6.08 Å². The van der Waals surface area contributed by atoms with Gasteiger partial charge in [0.25, 0.3) is 0 Å². The Hall–Kier alpha value is -0.980. The van der Waals surface area contributed by atoms with E-state index in [2.05, 4.69) is 0 Å². The molecule has 20 heavy (non-hydrogen) atoms. The molecule has 0 bridgehead atoms. The zero-order valence-corrected chi connectivity index (χ0v) is 13.0. The van der Waals surface area contributed by atoms with Crippen molar-refractivity contribution in [3.8, 4) is 5.75 Å². The Kier molecular flexibility index (Phi) is 5.29. The molecule has 0 fully saturated rings. The Morgan fingerprint density at radius 2 is 2.05 bits per heavy atom. The summed E-state index contributed by atoms with van der Waals surface area (Å²) in [6.07, 6.45) is -5.46. The number of alkyl halides is 3. The van der Waals surface area contributed by atoms with Crippen LogP contribution in [0, 0.1) is 0 Å². The first-order valence-corrected chi connectivity index (χ1v) is 5.64. The second-order valence-electron chi connectivity index (χ2n) is 4.17. The van der Waals surface area contributed by atoms with E-state index in [1.807, 2.05) is 6.92 Å². The normalized spacial score (nSPS) is 17.4. The molecule has 1 aromatic rings. The predicted octanol–water partition coefficient (Wildman–Crippen LogP) is 2.66. The first kappa shape index (κ1) is 17.1. The van der Waals surface area contributed by atoms with Crippen molar-refractivity contribution in [2.24, 2.45) is 0 Å². The Balaban J connectivity index is 0.00000200. The molecule has 1 radical (unpaired) electrons. The molecule has 1 aliphatic heterocycles. The molecule has 2 rings (SSSR count). The third kappa shape index (κ3) is 3.37. The Morgan fingerprint density at radius 1 is 1.40 bits per heavy atom. The summed E-state index contributed by atoms with van der Waals surface area (Å²) in [5, 5.41) is 8.88. The quantitative estimate of drug-likeness (QED) is 0.853. The maximum atomic E-state index is 12.8. The molecule has 1 atom stereocenters. The van der Waals surface area contributed by atoms with Gasteiger partial charge in [0.2, 0.25) is 6.10 Å². The number of carbonyl (C=O) groups is 1. The molecule has 103 valence electrons. The fourth-order valence-corrected chi connectivity index (χ4v) is 1.89. The molecule has 0 aromatic heterocycles. The average molecular weight is 295 g/mol. The van der Waals surface area contributed by atoms with Crippen LogP contribution in [0.2, 0.25) is 0 Å². The van der Waals surface area contributed by atoms with Crippen molar-refractivity contribution in [1.29, 1.82) is 0 Å². The zero-order chi connectivity index (χ0) is 14.2. The standard InChI is InChI=1S/C13H11F3O3.Na/c1-2-7-3-4-10-8(5-7)6-9(12(17)18)11(19-10)13(14,15)16;/h3-6,11H,2H2,1H3,(H,17,18);/t11-;/m0./s1. The Labute approximate surface area is 135 Å². The fraction of sp³-hybridized carbons (Fsp3) is 0.308. The second kappa shape index (κ2) is 6.20. The van der Waals surface area contributed by atoms with E-state index in [-0.39, 0.29) is 35.3 Å². The van der Waals surface area contributed by atoms with E-state index in [9.17, 15) is 18.0 Å². The van der Waals surface area contributed by atoms with Gasteiger partial charge in [0.1, 0.15) is 5.75 Å². The summed E-state index contributed by atoms with van der Waals surface area (Å²) >= 11 is 0. The van der Waals surface area contributed by atoms with Crippen LogP contribution in [0.3, 0.4) is 0 Å². The molecule has 1 aliphatic rings. The van der Waals surface area contributed by atoms with Crippen LogP contribution in [-0.2, 0) is 11.2 Å². The van der Waals surface area contributed by atoms with Crippen LogP contribution < -0.4 is 4.74 Å². The van der Waals surface area contributed by atoms with Gasteiger partial charge in [-0.05, 0) is 30.2 Å². The van der Waals surface area contributed by atoms with Crippen molar-refractivity contribution >= 4 is 41.6 Å². The van der Waals surface area contributed by atoms with Crippen LogP contribution in [0.1, 0.15) is 18.1 Å². The molecule has 0 saturated heterocycles. The number of carboxylic acids is 1. The van der Waals surface area contributed by atoms with Crippen LogP contribution in [0.4, 0.5) is 13.2 Å². The Morgan fingerprint density at radius 3 is 2.55 bits per heavy atom. The number of hydrogen-bond donors (Lipinski definition) is 1. The Bertz CT molecular complexity index is 552. The van der Waals surface area contributed by atoms with E-state index in [1.54, 1.807) is 12.1 Å². The molecule has 0 spiro atoms. The van der Waals surface area contributed by atoms with Crippen LogP contribution in [0.5, 0.6) is 5.75 Å². The molecule has 0 aliphatic carbocycles. The van der Waals surface area contributed by atoms with Crippen molar-refractivity contribution in [2.45, 2.75) is 25.6 Å². The third-order valence-electron chi connectivity index (χ3n) is 2.86. The largest absolute Gasteiger partial charge is 0.478 e. The minimum absolute atomic E-state index is 0. The minimum atomic E-state index is -4.76. The van der Waals surface area contributed by atoms with E-state index in [4.69, 9.17) is 9.84 Å². The SMILES string of the molecule is CCc1ccc2c(c1)C=C(C(=O)O)[C@@H](C(F)(F)F)O2.[Na]. The number of aliphatic carboxylic acids is 1. The number of rotatable bonds is 2. The van der Waals surface area contributed by atoms with Gasteiger partial charge in [-0.1, -0.05) is 13.0 Å². The summed E-state index contributed by atoms with van der Waals surface area (Å²) in [6, 6.07) is 4.72. The van der Waals surface area contributed by atoms with Gasteiger partial charge >= 0.3 is 12.1 Å². The number of halogens is 3. The number of benzene rings is 1. The van der Waals surface area contributed by atoms with Gasteiger partial charge in [-0.3, -0.25) is 0 Å². The molecule has 1 aromatic carbocycles. The van der Waals surface area contributed by atoms with Gasteiger partial charge in [0.05, 0.1) is 5.57 Å². The summed E-state index contributed by atoms with van der Waals surface area (Å²) in [6.45, 7) is 1.89. The summed E-state index contributed by atoms with van der Waals surface area (Å²) < 4.78 is 43.1. The molecule has 1 heterocycles. The second-order valence-corrected chi connectivity index (χ2v) is 4.17. The first-order chi connectivity index (χ1) is 8.82. The van der Waals surface area contributed by atoms with Crippen LogP contribution in [-0.4, -0.2) is 52.9 Å². The molecule has 0 unspecified atom stereocenters. The monoisotopic (exact) mass is 295 g/mol. The van der Waals surface area contributed by atoms with E-state index in [0.717, 1.165) is 11.6 Å². The van der Waals surface area contributed by atoms with Gasteiger partial charge in [-0.2, -0.15) is 13.2 Å². The van der Waals surface area contributed by atoms with E-state index >= 15 is 0 Å². The smallest absolute Gasteiger partial charge is 0.430 e. The van der Waals surface area contributed by atoms with E-state index in [1.165, 1.54) is 6.07 Å². The number of ether oxygens (including phenoxy) is 1.